The quantitative estimate of drug-likeness (QED) is 0.0341. The number of ether oxygens (including phenoxy) is 5. The summed E-state index contributed by atoms with van der Waals surface area (Å²) in [5.74, 6) is -2.23. The molecule has 0 saturated carbocycles. The van der Waals surface area contributed by atoms with Gasteiger partial charge < -0.3 is 34.3 Å². The topological polar surface area (TPSA) is 175 Å². The molecule has 0 fully saturated rings. The molecule has 2 aromatic carbocycles. The summed E-state index contributed by atoms with van der Waals surface area (Å²) in [5, 5.41) is 0. The van der Waals surface area contributed by atoms with Gasteiger partial charge in [0.25, 0.3) is 0 Å². The Bertz CT molecular complexity index is 1260. The molecular weight excluding hydrogens is 645 g/mol. The molecular formula is C33H48N3O11P. The molecule has 266 valence electrons. The third-order valence-electron chi connectivity index (χ3n) is 6.54. The van der Waals surface area contributed by atoms with Crippen LogP contribution < -0.4 is 5.73 Å². The van der Waals surface area contributed by atoms with Crippen molar-refractivity contribution in [1.82, 2.24) is 4.90 Å². The van der Waals surface area contributed by atoms with Gasteiger partial charge in [-0.3, -0.25) is 4.79 Å². The molecule has 0 aromatic heterocycles. The maximum absolute atomic E-state index is 14.2. The van der Waals surface area contributed by atoms with E-state index in [0.717, 1.165) is 16.0 Å². The van der Waals surface area contributed by atoms with Crippen LogP contribution in [0.2, 0.25) is 0 Å². The molecule has 2 aromatic rings. The standard InChI is InChI=1S/C33H48N3O11P/c1-24(2)29(44-32(38)42-21-13-19-26-15-9-7-10-16-26)46-48(40,35-31(34)36(5)23-28(37)41-6)47-30(25(3)4)45-33(39)43-22-14-20-27-17-11-8-12-18-27/h7-12,15-18,24-25,29-30H,13-14,19-23H2,1-6H3,(H2,34,35,40). The monoisotopic (exact) mass is 693 g/mol. The Morgan fingerprint density at radius 2 is 1.19 bits per heavy atom. The summed E-state index contributed by atoms with van der Waals surface area (Å²) < 4.78 is 55.2. The maximum atomic E-state index is 14.2. The minimum absolute atomic E-state index is 0.0624. The summed E-state index contributed by atoms with van der Waals surface area (Å²) in [6.07, 6.45) is -2.67. The second kappa shape index (κ2) is 21.0. The lowest BCUT2D eigenvalue weighted by molar-refractivity contribution is -0.140. The summed E-state index contributed by atoms with van der Waals surface area (Å²) >= 11 is 0. The predicted molar refractivity (Wildman–Crippen MR) is 178 cm³/mol. The predicted octanol–water partition coefficient (Wildman–Crippen LogP) is 6.08. The van der Waals surface area contributed by atoms with Crippen molar-refractivity contribution in [2.24, 2.45) is 22.3 Å². The number of esters is 1. The van der Waals surface area contributed by atoms with E-state index >= 15 is 0 Å². The van der Waals surface area contributed by atoms with E-state index in [-0.39, 0.29) is 19.8 Å². The molecule has 0 aliphatic carbocycles. The Hall–Kier alpha value is -4.13. The number of rotatable bonds is 19. The molecule has 2 atom stereocenters. The molecule has 0 spiro atoms. The highest BCUT2D eigenvalue weighted by Gasteiger charge is 2.39. The molecule has 2 unspecified atom stereocenters. The molecule has 0 saturated heterocycles. The Kier molecular flexibility index (Phi) is 17.5. The molecule has 0 radical (unpaired) electrons. The molecule has 2 rings (SSSR count). The van der Waals surface area contributed by atoms with Crippen molar-refractivity contribution in [3.8, 4) is 0 Å². The van der Waals surface area contributed by atoms with Crippen LogP contribution in [0.5, 0.6) is 0 Å². The molecule has 0 bridgehead atoms. The maximum Gasteiger partial charge on any atom is 0.510 e. The van der Waals surface area contributed by atoms with Crippen LogP contribution in [-0.2, 0) is 54.9 Å². The number of hydrogen-bond acceptors (Lipinski definition) is 11. The van der Waals surface area contributed by atoms with E-state index in [1.807, 2.05) is 60.7 Å². The molecule has 0 aliphatic rings. The van der Waals surface area contributed by atoms with E-state index in [1.165, 1.54) is 14.2 Å². The number of nitrogens with zero attached hydrogens (tertiary/aromatic N) is 2. The van der Waals surface area contributed by atoms with Crippen LogP contribution in [0.1, 0.15) is 51.7 Å². The number of guanidine groups is 1. The zero-order valence-corrected chi connectivity index (χ0v) is 29.3. The normalized spacial score (nSPS) is 14.0. The Balaban J connectivity index is 2.14. The Morgan fingerprint density at radius 3 is 1.56 bits per heavy atom. The van der Waals surface area contributed by atoms with Crippen LogP contribution in [0.25, 0.3) is 0 Å². The van der Waals surface area contributed by atoms with E-state index in [4.69, 9.17) is 33.7 Å². The summed E-state index contributed by atoms with van der Waals surface area (Å²) in [7, 11) is -2.17. The number of methoxy groups -OCH3 is 1. The van der Waals surface area contributed by atoms with Crippen molar-refractivity contribution in [1.29, 1.82) is 0 Å². The molecule has 0 aliphatic heterocycles. The van der Waals surface area contributed by atoms with Gasteiger partial charge in [-0.1, -0.05) is 88.4 Å². The van der Waals surface area contributed by atoms with Gasteiger partial charge in [0.1, 0.15) is 6.54 Å². The SMILES string of the molecule is COC(=O)CN(C)C(N)=NP(=O)(OC(OC(=O)OCCCc1ccccc1)C(C)C)OC(OC(=O)OCCCc1ccccc1)C(C)C. The van der Waals surface area contributed by atoms with Crippen LogP contribution in [0.4, 0.5) is 9.59 Å². The fourth-order valence-electron chi connectivity index (χ4n) is 3.84. The average molecular weight is 694 g/mol. The Labute approximate surface area is 282 Å². The molecule has 14 nitrogen and oxygen atoms in total. The summed E-state index contributed by atoms with van der Waals surface area (Å²) in [4.78, 5) is 38.1. The van der Waals surface area contributed by atoms with Gasteiger partial charge in [-0.2, -0.15) is 0 Å². The molecule has 0 heterocycles. The molecule has 2 N–H and O–H groups in total. The van der Waals surface area contributed by atoms with Gasteiger partial charge in [0.05, 0.1) is 20.3 Å². The van der Waals surface area contributed by atoms with Crippen LogP contribution >= 0.6 is 7.75 Å². The van der Waals surface area contributed by atoms with Crippen LogP contribution in [0, 0.1) is 11.8 Å². The zero-order valence-electron chi connectivity index (χ0n) is 28.4. The second-order valence-corrected chi connectivity index (χ2v) is 13.0. The van der Waals surface area contributed by atoms with Crippen molar-refractivity contribution < 1.29 is 51.7 Å². The van der Waals surface area contributed by atoms with Gasteiger partial charge in [0, 0.05) is 18.9 Å². The molecule has 15 heteroatoms. The van der Waals surface area contributed by atoms with Gasteiger partial charge in [-0.05, 0) is 36.8 Å². The highest BCUT2D eigenvalue weighted by Crippen LogP contribution is 2.54. The molecule has 48 heavy (non-hydrogen) atoms. The highest BCUT2D eigenvalue weighted by atomic mass is 31.2. The van der Waals surface area contributed by atoms with Crippen molar-refractivity contribution in [3.63, 3.8) is 0 Å². The fourth-order valence-corrected chi connectivity index (χ4v) is 5.49. The number of carbonyl (C=O) groups is 3. The largest absolute Gasteiger partial charge is 0.510 e. The van der Waals surface area contributed by atoms with E-state index in [0.29, 0.717) is 25.7 Å². The van der Waals surface area contributed by atoms with Crippen molar-refractivity contribution >= 4 is 32.0 Å². The van der Waals surface area contributed by atoms with E-state index in [9.17, 15) is 18.9 Å². The van der Waals surface area contributed by atoms with Gasteiger partial charge >= 0.3 is 26.0 Å². The van der Waals surface area contributed by atoms with Crippen LogP contribution in [0.15, 0.2) is 65.4 Å². The van der Waals surface area contributed by atoms with Gasteiger partial charge in [0.2, 0.25) is 18.5 Å². The minimum atomic E-state index is -4.75. The smallest absolute Gasteiger partial charge is 0.468 e. The summed E-state index contributed by atoms with van der Waals surface area (Å²) in [5.41, 5.74) is 8.21. The highest BCUT2D eigenvalue weighted by molar-refractivity contribution is 7.52. The van der Waals surface area contributed by atoms with Gasteiger partial charge in [-0.15, -0.1) is 4.76 Å². The first-order chi connectivity index (χ1) is 22.8. The average Bonchev–Trinajstić information content (AvgIpc) is 3.05. The zero-order chi connectivity index (χ0) is 35.5. The number of nitrogens with two attached hydrogens (primary N) is 1. The lowest BCUT2D eigenvalue weighted by Gasteiger charge is -2.28. The van der Waals surface area contributed by atoms with Crippen molar-refractivity contribution in [3.05, 3.63) is 71.8 Å². The van der Waals surface area contributed by atoms with Gasteiger partial charge in [-0.25, -0.2) is 23.2 Å². The number of benzene rings is 2. The number of aryl methyl sites for hydroxylation is 2. The first kappa shape index (κ1) is 40.0. The summed E-state index contributed by atoms with van der Waals surface area (Å²) in [6, 6.07) is 19.4. The van der Waals surface area contributed by atoms with Crippen LogP contribution in [0.3, 0.4) is 0 Å². The molecule has 0 amide bonds. The third-order valence-corrected chi connectivity index (χ3v) is 7.94. The second-order valence-electron chi connectivity index (χ2n) is 11.4. The van der Waals surface area contributed by atoms with E-state index in [1.54, 1.807) is 27.7 Å². The van der Waals surface area contributed by atoms with Crippen molar-refractivity contribution in [2.45, 2.75) is 66.0 Å². The summed E-state index contributed by atoms with van der Waals surface area (Å²) in [6.45, 7) is 6.33. The van der Waals surface area contributed by atoms with E-state index < -0.39 is 56.4 Å². The van der Waals surface area contributed by atoms with Crippen molar-refractivity contribution in [2.75, 3.05) is 33.9 Å². The lowest BCUT2D eigenvalue weighted by atomic mass is 10.1. The lowest BCUT2D eigenvalue weighted by Crippen LogP contribution is -2.38. The number of likely N-dealkylation sites (N-methyl/N-ethyl adjacent to an activating group) is 1. The van der Waals surface area contributed by atoms with Gasteiger partial charge in [0.15, 0.2) is 0 Å². The Morgan fingerprint density at radius 1 is 0.771 bits per heavy atom. The minimum Gasteiger partial charge on any atom is -0.468 e. The number of carbonyl (C=O) groups excluding carboxylic acids is 3. The van der Waals surface area contributed by atoms with E-state index in [2.05, 4.69) is 9.50 Å². The first-order valence-electron chi connectivity index (χ1n) is 15.7. The first-order valence-corrected chi connectivity index (χ1v) is 17.2. The fraction of sp³-hybridized carbons (Fsp3) is 0.515. The third kappa shape index (κ3) is 15.6. The van der Waals surface area contributed by atoms with Crippen LogP contribution in [-0.4, -0.2) is 75.6 Å². The number of hydrogen-bond donors (Lipinski definition) is 1.